The zero-order chi connectivity index (χ0) is 92.5. The van der Waals surface area contributed by atoms with Crippen LogP contribution in [0.5, 0.6) is 17.2 Å². The van der Waals surface area contributed by atoms with Crippen LogP contribution < -0.4 is 46.1 Å². The van der Waals surface area contributed by atoms with Gasteiger partial charge in [0.1, 0.15) is 49.2 Å². The van der Waals surface area contributed by atoms with Gasteiger partial charge in [-0.15, -0.1) is 0 Å². The Balaban J connectivity index is 0.000000258. The monoisotopic (exact) mass is 1790 g/mol. The fourth-order valence-electron chi connectivity index (χ4n) is 14.8. The van der Waals surface area contributed by atoms with E-state index in [1.807, 2.05) is 0 Å². The molecule has 0 spiro atoms. The summed E-state index contributed by atoms with van der Waals surface area (Å²) in [5, 5.41) is 35.0. The van der Waals surface area contributed by atoms with Crippen LogP contribution in [-0.2, 0) is 76.6 Å². The average molecular weight is 1790 g/mol. The van der Waals surface area contributed by atoms with Gasteiger partial charge >= 0.3 is 53.4 Å². The molecule has 3 heterocycles. The molecule has 3 saturated heterocycles. The Labute approximate surface area is 711 Å². The molecule has 42 heteroatoms. The highest BCUT2D eigenvalue weighted by Gasteiger charge is 2.40. The Kier molecular flexibility index (Phi) is 38.0. The second kappa shape index (κ2) is 46.9. The maximum absolute atomic E-state index is 14.0. The molecule has 6 aliphatic rings. The minimum absolute atomic E-state index is 0.00124. The number of benzene rings is 3. The lowest BCUT2D eigenvalue weighted by Crippen LogP contribution is -2.52. The van der Waals surface area contributed by atoms with Gasteiger partial charge < -0.3 is 80.5 Å². The van der Waals surface area contributed by atoms with Gasteiger partial charge in [-0.05, 0) is 136 Å². The summed E-state index contributed by atoms with van der Waals surface area (Å²) in [6.45, 7) is 8.23. The number of carboxylic acid groups (broad SMARTS) is 1. The third-order valence-electron chi connectivity index (χ3n) is 21.6. The summed E-state index contributed by atoms with van der Waals surface area (Å²) >= 11 is 0. The van der Waals surface area contributed by atoms with Gasteiger partial charge in [0.25, 0.3) is 0 Å². The van der Waals surface area contributed by atoms with Crippen LogP contribution in [0.2, 0.25) is 0 Å². The first-order chi connectivity index (χ1) is 58.8. The van der Waals surface area contributed by atoms with Crippen LogP contribution in [0.25, 0.3) is 0 Å². The summed E-state index contributed by atoms with van der Waals surface area (Å²) in [5.74, 6) is -38.3. The topological polar surface area (TPSA) is 407 Å². The number of ketones is 2. The van der Waals surface area contributed by atoms with E-state index in [9.17, 15) is 125 Å². The fraction of sp³-hybridized carbons (Fsp3) is 0.614. The van der Waals surface area contributed by atoms with Crippen LogP contribution in [0.15, 0.2) is 18.2 Å². The van der Waals surface area contributed by atoms with Gasteiger partial charge in [-0.3, -0.25) is 67.1 Å². The van der Waals surface area contributed by atoms with Crippen LogP contribution in [0.4, 0.5) is 52.7 Å². The molecule has 1 unspecified atom stereocenters. The predicted molar refractivity (Wildman–Crippen MR) is 413 cm³/mol. The number of amides is 9. The molecular weight excluding hydrogens is 1690 g/mol. The van der Waals surface area contributed by atoms with Crippen LogP contribution in [-0.4, -0.2) is 222 Å². The fourth-order valence-corrected chi connectivity index (χ4v) is 14.8. The van der Waals surface area contributed by atoms with E-state index in [1.54, 1.807) is 41.5 Å². The molecule has 125 heavy (non-hydrogen) atoms. The van der Waals surface area contributed by atoms with Crippen molar-refractivity contribution in [3.05, 3.63) is 88.0 Å². The molecule has 9 amide bonds. The summed E-state index contributed by atoms with van der Waals surface area (Å²) in [6.07, 6.45) is 9.78. The lowest BCUT2D eigenvalue weighted by molar-refractivity contribution is -0.157. The number of hydrogen-bond acceptors (Lipinski definition) is 20. The number of aliphatic hydroxyl groups is 1. The normalized spacial score (nSPS) is 17.2. The number of carbonyl (C=O) groups is 14. The Hall–Kier alpha value is -10.8. The van der Waals surface area contributed by atoms with Crippen molar-refractivity contribution in [2.24, 2.45) is 35.5 Å². The quantitative estimate of drug-likeness (QED) is 0.0139. The number of hydrogen-bond donors (Lipinski definition) is 8. The number of nitrogens with zero attached hydrogens (tertiary/aromatic N) is 3. The molecule has 0 aromatic heterocycles. The van der Waals surface area contributed by atoms with E-state index in [2.05, 4.69) is 36.6 Å². The van der Waals surface area contributed by atoms with Crippen molar-refractivity contribution in [3.63, 3.8) is 0 Å². The van der Waals surface area contributed by atoms with Crippen LogP contribution in [0, 0.1) is 105 Å². The number of aliphatic carboxylic acids is 1. The molecule has 6 fully saturated rings. The standard InChI is InChI=1S/C29H39F4N3O7.C29H37F4N3O7.C25H29F4N3O7/c2*1-29(2,3)43-22(38)13-20(21(37)15-42-25-23(32)18(30)12-19(31)24(25)33)35-26(39)17-8-10-36(11-9-17)28(41)27(40)34-14-16-6-4-5-7-16;26-15-9-16(27)21(29)22(20(15)28)39-12-18(33)17(10-19(34)35)31-23(36)14-5-7-32(8-6-14)25(38)24(37)30-11-13-3-1-2-4-13/h12,16-17,20-21,37H,4-11,13-15H2,1-3H3,(H,34,40)(H,35,39);12,16-17,20H,4-11,13-15H2,1-3H3,(H,34,40)(H,35,39);9,13-14,17H,1-8,10-12H2,(H,30,37)(H,31,36)(H,34,35)/t20-,21?;20-;17-/m000/s1. The van der Waals surface area contributed by atoms with Crippen molar-refractivity contribution >= 4 is 82.6 Å². The molecule has 0 bridgehead atoms. The number of carbonyl (C=O) groups excluding carboxylic acids is 13. The summed E-state index contributed by atoms with van der Waals surface area (Å²) < 4.78 is 189. The summed E-state index contributed by atoms with van der Waals surface area (Å²) in [4.78, 5) is 179. The Morgan fingerprint density at radius 3 is 0.928 bits per heavy atom. The maximum Gasteiger partial charge on any atom is 0.311 e. The van der Waals surface area contributed by atoms with Gasteiger partial charge in [0.05, 0.1) is 25.3 Å². The van der Waals surface area contributed by atoms with Crippen molar-refractivity contribution < 1.29 is 154 Å². The molecule has 4 atom stereocenters. The number of carboxylic acids is 1. The minimum atomic E-state index is -1.88. The molecule has 30 nitrogen and oxygen atoms in total. The SMILES string of the molecule is CC(C)(C)OC(=O)C[C@H](NC(=O)C1CCN(C(=O)C(=O)NCC2CCCC2)CC1)C(=O)COc1c(F)c(F)cc(F)c1F.CC(C)(C)OC(=O)C[C@H](NC(=O)C1CCN(C(=O)C(=O)NCC2CCCC2)CC1)C(O)COc1c(F)c(F)cc(F)c1F.O=C(O)C[C@H](NC(=O)C1CCN(C(=O)C(=O)NCC2CCCC2)CC1)C(=O)COc1c(F)c(F)cc(F)c1F. The van der Waals surface area contributed by atoms with E-state index in [0.29, 0.717) is 37.4 Å². The van der Waals surface area contributed by atoms with Gasteiger partial charge in [0.2, 0.25) is 52.6 Å². The van der Waals surface area contributed by atoms with Gasteiger partial charge in [-0.1, -0.05) is 38.5 Å². The zero-order valence-electron chi connectivity index (χ0n) is 69.9. The van der Waals surface area contributed by atoms with Crippen molar-refractivity contribution in [2.45, 2.75) is 212 Å². The van der Waals surface area contributed by atoms with Crippen molar-refractivity contribution in [1.29, 1.82) is 0 Å². The van der Waals surface area contributed by atoms with Crippen LogP contribution in [0.3, 0.4) is 0 Å². The van der Waals surface area contributed by atoms with Gasteiger partial charge in [0.15, 0.2) is 63.7 Å². The first-order valence-electron chi connectivity index (χ1n) is 41.2. The second-order valence-electron chi connectivity index (χ2n) is 33.5. The molecule has 3 aliphatic heterocycles. The number of Topliss-reactive ketones (excluding diaryl/α,β-unsaturated/α-hetero) is 2. The van der Waals surface area contributed by atoms with Crippen LogP contribution in [0.1, 0.15) is 176 Å². The Morgan fingerprint density at radius 1 is 0.384 bits per heavy atom. The lowest BCUT2D eigenvalue weighted by Gasteiger charge is -2.32. The third-order valence-corrected chi connectivity index (χ3v) is 21.6. The molecular formula is C83H105F12N9O21. The van der Waals surface area contributed by atoms with E-state index in [-0.39, 0.29) is 96.0 Å². The highest BCUT2D eigenvalue weighted by molar-refractivity contribution is 6.36. The van der Waals surface area contributed by atoms with Crippen molar-refractivity contribution in [1.82, 2.24) is 46.6 Å². The number of esters is 2. The number of halogens is 12. The number of piperidine rings is 3. The first-order valence-corrected chi connectivity index (χ1v) is 41.2. The summed E-state index contributed by atoms with van der Waals surface area (Å²) in [5.41, 5.74) is -1.83. The third kappa shape index (κ3) is 31.1. The highest BCUT2D eigenvalue weighted by atomic mass is 19.2. The second-order valence-corrected chi connectivity index (χ2v) is 33.5. The Morgan fingerprint density at radius 2 is 0.648 bits per heavy atom. The Bertz CT molecular complexity index is 4300. The van der Waals surface area contributed by atoms with Gasteiger partial charge in [-0.2, -0.15) is 26.3 Å². The van der Waals surface area contributed by atoms with E-state index in [4.69, 9.17) is 24.1 Å². The van der Waals surface area contributed by atoms with Crippen LogP contribution >= 0.6 is 0 Å². The van der Waals surface area contributed by atoms with E-state index >= 15 is 0 Å². The minimum Gasteiger partial charge on any atom is -0.485 e. The molecule has 692 valence electrons. The smallest absolute Gasteiger partial charge is 0.311 e. The molecule has 9 rings (SSSR count). The van der Waals surface area contributed by atoms with Gasteiger partial charge in [-0.25, -0.2) is 26.3 Å². The first kappa shape index (κ1) is 101. The predicted octanol–water partition coefficient (Wildman–Crippen LogP) is 7.39. The molecule has 3 aliphatic carbocycles. The van der Waals surface area contributed by atoms with Crippen molar-refractivity contribution in [3.8, 4) is 17.2 Å². The zero-order valence-corrected chi connectivity index (χ0v) is 69.9. The number of rotatable bonds is 30. The molecule has 3 saturated carbocycles. The highest BCUT2D eigenvalue weighted by Crippen LogP contribution is 2.33. The summed E-state index contributed by atoms with van der Waals surface area (Å²) in [6, 6.07) is -4.66. The van der Waals surface area contributed by atoms with E-state index in [1.165, 1.54) is 14.7 Å². The summed E-state index contributed by atoms with van der Waals surface area (Å²) in [7, 11) is 0. The van der Waals surface area contributed by atoms with E-state index in [0.717, 1.165) is 77.0 Å². The molecule has 0 radical (unpaired) electrons. The molecule has 8 N–H and O–H groups in total. The largest absolute Gasteiger partial charge is 0.485 e. The molecule has 3 aromatic rings. The average Bonchev–Trinajstić information content (AvgIpc) is 1.16. The number of aliphatic hydroxyl groups excluding tert-OH is 1. The van der Waals surface area contributed by atoms with Gasteiger partial charge in [0, 0.05) is 94.9 Å². The number of ether oxygens (including phenoxy) is 5. The number of nitrogens with one attached hydrogen (secondary N) is 6. The lowest BCUT2D eigenvalue weighted by atomic mass is 9.94. The maximum atomic E-state index is 14.0. The van der Waals surface area contributed by atoms with Crippen molar-refractivity contribution in [2.75, 3.05) is 78.7 Å². The number of likely N-dealkylation sites (tertiary alicyclic amines) is 3. The van der Waals surface area contributed by atoms with E-state index < -0.39 is 262 Å². The molecule has 3 aromatic carbocycles.